The molecule has 0 saturated carbocycles. The van der Waals surface area contributed by atoms with Crippen molar-refractivity contribution in [1.82, 2.24) is 9.97 Å². The highest BCUT2D eigenvalue weighted by atomic mass is 16.5. The van der Waals surface area contributed by atoms with Gasteiger partial charge in [-0.25, -0.2) is 9.97 Å². The molecule has 1 atom stereocenters. The molecule has 1 unspecified atom stereocenters. The molecular formula is C22H24N4O2. The van der Waals surface area contributed by atoms with Crippen molar-refractivity contribution in [3.63, 3.8) is 0 Å². The van der Waals surface area contributed by atoms with Crippen molar-refractivity contribution in [3.05, 3.63) is 72.6 Å². The monoisotopic (exact) mass is 376 g/mol. The Hall–Kier alpha value is -3.12. The van der Waals surface area contributed by atoms with Crippen molar-refractivity contribution in [1.29, 1.82) is 0 Å². The summed E-state index contributed by atoms with van der Waals surface area (Å²) in [6.07, 6.45) is 4.06. The summed E-state index contributed by atoms with van der Waals surface area (Å²) in [7, 11) is 0. The first-order chi connectivity index (χ1) is 13.8. The quantitative estimate of drug-likeness (QED) is 0.608. The van der Waals surface area contributed by atoms with E-state index in [0.717, 1.165) is 54.6 Å². The lowest BCUT2D eigenvalue weighted by Crippen LogP contribution is -2.19. The molecule has 28 heavy (non-hydrogen) atoms. The summed E-state index contributed by atoms with van der Waals surface area (Å²) in [5.74, 6) is 2.36. The number of aromatic nitrogens is 2. The lowest BCUT2D eigenvalue weighted by atomic mass is 10.2. The number of nitrogens with zero attached hydrogens (tertiary/aromatic N) is 2. The topological polar surface area (TPSA) is 68.3 Å². The van der Waals surface area contributed by atoms with Gasteiger partial charge in [-0.3, -0.25) is 0 Å². The first-order valence-electron chi connectivity index (χ1n) is 9.56. The summed E-state index contributed by atoms with van der Waals surface area (Å²) in [4.78, 5) is 8.56. The van der Waals surface area contributed by atoms with Crippen LogP contribution in [0, 0.1) is 0 Å². The highest BCUT2D eigenvalue weighted by molar-refractivity contribution is 5.59. The van der Waals surface area contributed by atoms with Crippen LogP contribution >= 0.6 is 0 Å². The minimum absolute atomic E-state index is 0.273. The van der Waals surface area contributed by atoms with Crippen LogP contribution < -0.4 is 15.4 Å². The van der Waals surface area contributed by atoms with Gasteiger partial charge in [-0.2, -0.15) is 0 Å². The van der Waals surface area contributed by atoms with Crippen molar-refractivity contribution < 1.29 is 9.47 Å². The number of ether oxygens (including phenoxy) is 2. The van der Waals surface area contributed by atoms with Gasteiger partial charge in [0.1, 0.15) is 30.3 Å². The second-order valence-corrected chi connectivity index (χ2v) is 6.73. The van der Waals surface area contributed by atoms with Gasteiger partial charge in [0, 0.05) is 24.9 Å². The van der Waals surface area contributed by atoms with Gasteiger partial charge in [0.15, 0.2) is 0 Å². The summed E-state index contributed by atoms with van der Waals surface area (Å²) in [6, 6.07) is 19.9. The van der Waals surface area contributed by atoms with Crippen LogP contribution in [0.5, 0.6) is 5.75 Å². The highest BCUT2D eigenvalue weighted by Crippen LogP contribution is 2.21. The van der Waals surface area contributed by atoms with E-state index in [1.54, 1.807) is 6.33 Å². The van der Waals surface area contributed by atoms with Crippen LogP contribution in [0.2, 0.25) is 0 Å². The molecule has 0 spiro atoms. The Morgan fingerprint density at radius 2 is 1.82 bits per heavy atom. The van der Waals surface area contributed by atoms with Gasteiger partial charge >= 0.3 is 0 Å². The normalized spacial score (nSPS) is 15.9. The average Bonchev–Trinajstić information content (AvgIpc) is 3.27. The Labute approximate surface area is 164 Å². The van der Waals surface area contributed by atoms with Crippen LogP contribution in [0.3, 0.4) is 0 Å². The van der Waals surface area contributed by atoms with Gasteiger partial charge in [-0.15, -0.1) is 0 Å². The Kier molecular flexibility index (Phi) is 5.99. The lowest BCUT2D eigenvalue weighted by molar-refractivity contribution is 0.120. The molecular weight excluding hydrogens is 352 g/mol. The Bertz CT molecular complexity index is 865. The molecule has 6 nitrogen and oxygen atoms in total. The van der Waals surface area contributed by atoms with E-state index in [-0.39, 0.29) is 6.10 Å². The van der Waals surface area contributed by atoms with E-state index in [9.17, 15) is 0 Å². The largest absolute Gasteiger partial charge is 0.489 e. The van der Waals surface area contributed by atoms with E-state index >= 15 is 0 Å². The predicted molar refractivity (Wildman–Crippen MR) is 110 cm³/mol. The first-order valence-corrected chi connectivity index (χ1v) is 9.56. The van der Waals surface area contributed by atoms with Crippen LogP contribution in [0.1, 0.15) is 18.4 Å². The summed E-state index contributed by atoms with van der Waals surface area (Å²) in [5, 5.41) is 6.61. The standard InChI is InChI=1S/C22H24N4O2/c1-2-5-17(6-3-1)15-28-19-10-8-18(9-11-19)26-22-13-21(24-16-25-22)23-14-20-7-4-12-27-20/h1-3,5-6,8-11,13,16,20H,4,7,12,14-15H2,(H2,23,24,25,26). The second-order valence-electron chi connectivity index (χ2n) is 6.73. The van der Waals surface area contributed by atoms with Gasteiger partial charge in [0.25, 0.3) is 0 Å². The summed E-state index contributed by atoms with van der Waals surface area (Å²) < 4.78 is 11.4. The Morgan fingerprint density at radius 3 is 2.61 bits per heavy atom. The third-order valence-electron chi connectivity index (χ3n) is 4.58. The third-order valence-corrected chi connectivity index (χ3v) is 4.58. The number of anilines is 3. The van der Waals surface area contributed by atoms with Crippen molar-refractivity contribution >= 4 is 17.3 Å². The molecule has 2 heterocycles. The number of hydrogen-bond acceptors (Lipinski definition) is 6. The zero-order valence-corrected chi connectivity index (χ0v) is 15.7. The molecule has 1 fully saturated rings. The predicted octanol–water partition coefficient (Wildman–Crippen LogP) is 4.39. The molecule has 144 valence electrons. The molecule has 1 saturated heterocycles. The van der Waals surface area contributed by atoms with E-state index in [1.165, 1.54) is 0 Å². The number of hydrogen-bond donors (Lipinski definition) is 2. The first kappa shape index (κ1) is 18.3. The SMILES string of the molecule is c1ccc(COc2ccc(Nc3cc(NCC4CCCO4)ncn3)cc2)cc1. The van der Waals surface area contributed by atoms with Gasteiger partial charge in [0.05, 0.1) is 6.10 Å². The number of nitrogens with one attached hydrogen (secondary N) is 2. The lowest BCUT2D eigenvalue weighted by Gasteiger charge is -2.12. The summed E-state index contributed by atoms with van der Waals surface area (Å²) >= 11 is 0. The van der Waals surface area contributed by atoms with Crippen LogP contribution in [0.15, 0.2) is 67.0 Å². The minimum atomic E-state index is 0.273. The molecule has 1 aliphatic rings. The van der Waals surface area contributed by atoms with Gasteiger partial charge in [-0.05, 0) is 42.7 Å². The number of rotatable bonds is 8. The summed E-state index contributed by atoms with van der Waals surface area (Å²) in [6.45, 7) is 2.18. The molecule has 1 aliphatic heterocycles. The zero-order valence-electron chi connectivity index (χ0n) is 15.7. The third kappa shape index (κ3) is 5.20. The van der Waals surface area contributed by atoms with Crippen LogP contribution in [0.25, 0.3) is 0 Å². The molecule has 4 rings (SSSR count). The zero-order chi connectivity index (χ0) is 19.0. The molecule has 0 aliphatic carbocycles. The highest BCUT2D eigenvalue weighted by Gasteiger charge is 2.15. The molecule has 0 amide bonds. The van der Waals surface area contributed by atoms with E-state index < -0.39 is 0 Å². The van der Waals surface area contributed by atoms with E-state index in [2.05, 4.69) is 32.7 Å². The van der Waals surface area contributed by atoms with Crippen molar-refractivity contribution in [2.45, 2.75) is 25.6 Å². The van der Waals surface area contributed by atoms with E-state index in [0.29, 0.717) is 6.61 Å². The van der Waals surface area contributed by atoms with Crippen LogP contribution in [0.4, 0.5) is 17.3 Å². The molecule has 2 N–H and O–H groups in total. The van der Waals surface area contributed by atoms with Crippen LogP contribution in [-0.2, 0) is 11.3 Å². The van der Waals surface area contributed by atoms with Crippen molar-refractivity contribution in [3.8, 4) is 5.75 Å². The van der Waals surface area contributed by atoms with Gasteiger partial charge in [0.2, 0.25) is 0 Å². The average molecular weight is 376 g/mol. The van der Waals surface area contributed by atoms with Gasteiger partial charge < -0.3 is 20.1 Å². The van der Waals surface area contributed by atoms with Crippen molar-refractivity contribution in [2.75, 3.05) is 23.8 Å². The van der Waals surface area contributed by atoms with Crippen LogP contribution in [-0.4, -0.2) is 29.2 Å². The maximum Gasteiger partial charge on any atom is 0.135 e. The molecule has 3 aromatic rings. The number of benzene rings is 2. The van der Waals surface area contributed by atoms with Crippen molar-refractivity contribution in [2.24, 2.45) is 0 Å². The summed E-state index contributed by atoms with van der Waals surface area (Å²) in [5.41, 5.74) is 2.09. The Balaban J connectivity index is 1.30. The Morgan fingerprint density at radius 1 is 1.00 bits per heavy atom. The minimum Gasteiger partial charge on any atom is -0.489 e. The molecule has 0 bridgehead atoms. The van der Waals surface area contributed by atoms with Gasteiger partial charge in [-0.1, -0.05) is 30.3 Å². The maximum absolute atomic E-state index is 5.82. The van der Waals surface area contributed by atoms with E-state index in [4.69, 9.17) is 9.47 Å². The fraction of sp³-hybridized carbons (Fsp3) is 0.273. The second kappa shape index (κ2) is 9.19. The fourth-order valence-electron chi connectivity index (χ4n) is 3.07. The smallest absolute Gasteiger partial charge is 0.135 e. The molecule has 2 aromatic carbocycles. The maximum atomic E-state index is 5.82. The molecule has 6 heteroatoms. The van der Waals surface area contributed by atoms with E-state index in [1.807, 2.05) is 48.5 Å². The molecule has 0 radical (unpaired) electrons. The molecule has 1 aromatic heterocycles. The fourth-order valence-corrected chi connectivity index (χ4v) is 3.07.